The number of alkyl halides is 2. The SMILES string of the molecule is CCC1(OC(=O)CC(C)N2CCCCC2)C(=O)Cc2c1cc1n(c2=O)Cc2cc3cc4c(cc3nc2-1)OC(F)(F)O4. The predicted octanol–water partition coefficient (Wildman–Crippen LogP) is 4.28. The number of rotatable bonds is 5. The highest BCUT2D eigenvalue weighted by atomic mass is 19.3. The largest absolute Gasteiger partial charge is 0.586 e. The van der Waals surface area contributed by atoms with Gasteiger partial charge in [0.05, 0.1) is 29.9 Å². The van der Waals surface area contributed by atoms with Gasteiger partial charge in [-0.25, -0.2) is 4.98 Å². The Morgan fingerprint density at radius 2 is 1.83 bits per heavy atom. The van der Waals surface area contributed by atoms with Crippen LogP contribution in [-0.4, -0.2) is 51.6 Å². The second-order valence-electron chi connectivity index (χ2n) is 11.4. The number of esters is 1. The first-order chi connectivity index (χ1) is 19.6. The lowest BCUT2D eigenvalue weighted by Gasteiger charge is -2.33. The number of piperidine rings is 1. The van der Waals surface area contributed by atoms with E-state index in [0.29, 0.717) is 33.4 Å². The van der Waals surface area contributed by atoms with E-state index in [4.69, 9.17) is 9.72 Å². The zero-order chi connectivity index (χ0) is 28.7. The number of likely N-dealkylation sites (tertiary alicyclic amines) is 1. The summed E-state index contributed by atoms with van der Waals surface area (Å²) in [7, 11) is 0. The Hall–Kier alpha value is -3.86. The van der Waals surface area contributed by atoms with Crippen LogP contribution in [0.1, 0.15) is 62.6 Å². The van der Waals surface area contributed by atoms with Crippen molar-refractivity contribution >= 4 is 22.7 Å². The maximum absolute atomic E-state index is 13.7. The van der Waals surface area contributed by atoms with E-state index in [-0.39, 0.29) is 54.7 Å². The normalized spacial score (nSPS) is 22.9. The van der Waals surface area contributed by atoms with E-state index in [9.17, 15) is 23.2 Å². The van der Waals surface area contributed by atoms with Crippen molar-refractivity contribution in [3.05, 3.63) is 51.3 Å². The summed E-state index contributed by atoms with van der Waals surface area (Å²) in [4.78, 5) is 47.3. The highest BCUT2D eigenvalue weighted by Gasteiger charge is 2.51. The number of aromatic nitrogens is 2. The van der Waals surface area contributed by atoms with Gasteiger partial charge >= 0.3 is 12.3 Å². The number of Topliss-reactive ketones (excluding diaryl/α,β-unsaturated/α-hetero) is 1. The summed E-state index contributed by atoms with van der Waals surface area (Å²) < 4.78 is 44.0. The standard InChI is InChI=1S/C30H29F2N3O6/c1-3-29(41-26(37)9-16(2)34-7-5-4-6-8-34)20-13-22-27-18(15-35(22)28(38)19(20)12-25(29)36)10-17-11-23-24(14-21(17)33-27)40-30(31,32)39-23/h10-11,13-14,16H,3-9,12,15H2,1-2H3. The summed E-state index contributed by atoms with van der Waals surface area (Å²) in [6.07, 6.45) is -0.132. The number of benzene rings is 1. The van der Waals surface area contributed by atoms with Crippen molar-refractivity contribution < 1.29 is 32.6 Å². The van der Waals surface area contributed by atoms with Gasteiger partial charge < -0.3 is 23.7 Å². The third-order valence-electron chi connectivity index (χ3n) is 8.87. The summed E-state index contributed by atoms with van der Waals surface area (Å²) in [5.74, 6) is -0.987. The first kappa shape index (κ1) is 26.1. The monoisotopic (exact) mass is 565 g/mol. The van der Waals surface area contributed by atoms with Gasteiger partial charge in [0.25, 0.3) is 5.56 Å². The van der Waals surface area contributed by atoms with Gasteiger partial charge in [-0.1, -0.05) is 13.3 Å². The van der Waals surface area contributed by atoms with Gasteiger partial charge in [-0.15, -0.1) is 8.78 Å². The minimum atomic E-state index is -3.75. The molecule has 0 spiro atoms. The molecule has 2 unspecified atom stereocenters. The van der Waals surface area contributed by atoms with Crippen LogP contribution in [0.25, 0.3) is 22.3 Å². The van der Waals surface area contributed by atoms with Crippen molar-refractivity contribution in [2.75, 3.05) is 13.1 Å². The molecule has 0 amide bonds. The molecule has 2 atom stereocenters. The van der Waals surface area contributed by atoms with Crippen molar-refractivity contribution in [1.29, 1.82) is 0 Å². The molecule has 0 bridgehead atoms. The van der Waals surface area contributed by atoms with Gasteiger partial charge in [0.2, 0.25) is 0 Å². The molecule has 1 fully saturated rings. The molecule has 214 valence electrons. The number of ether oxygens (including phenoxy) is 3. The molecule has 41 heavy (non-hydrogen) atoms. The fraction of sp³-hybridized carbons (Fsp3) is 0.467. The fourth-order valence-corrected chi connectivity index (χ4v) is 6.74. The first-order valence-electron chi connectivity index (χ1n) is 14.1. The summed E-state index contributed by atoms with van der Waals surface area (Å²) in [6, 6.07) is 6.33. The van der Waals surface area contributed by atoms with Crippen LogP contribution < -0.4 is 15.0 Å². The van der Waals surface area contributed by atoms with Crippen LogP contribution in [0.2, 0.25) is 0 Å². The highest BCUT2D eigenvalue weighted by molar-refractivity contribution is 5.97. The maximum atomic E-state index is 13.7. The fourth-order valence-electron chi connectivity index (χ4n) is 6.74. The number of carbonyl (C=O) groups excluding carboxylic acids is 2. The summed E-state index contributed by atoms with van der Waals surface area (Å²) >= 11 is 0. The maximum Gasteiger partial charge on any atom is 0.586 e. The molecule has 1 aliphatic carbocycles. The molecule has 5 heterocycles. The molecular formula is C30H29F2N3O6. The Bertz CT molecular complexity index is 1700. The van der Waals surface area contributed by atoms with Crippen LogP contribution in [0.4, 0.5) is 8.78 Å². The molecule has 11 heteroatoms. The zero-order valence-corrected chi connectivity index (χ0v) is 22.8. The number of hydrogen-bond acceptors (Lipinski definition) is 8. The molecule has 9 nitrogen and oxygen atoms in total. The van der Waals surface area contributed by atoms with Crippen molar-refractivity contribution in [1.82, 2.24) is 14.5 Å². The number of pyridine rings is 2. The lowest BCUT2D eigenvalue weighted by molar-refractivity contribution is -0.286. The molecule has 3 aromatic rings. The smallest absolute Gasteiger partial charge is 0.446 e. The quantitative estimate of drug-likeness (QED) is 0.331. The Labute approximate surface area is 234 Å². The van der Waals surface area contributed by atoms with E-state index in [1.54, 1.807) is 23.6 Å². The van der Waals surface area contributed by atoms with Crippen molar-refractivity contribution in [2.45, 2.75) is 76.9 Å². The topological polar surface area (TPSA) is 100.0 Å². The number of fused-ring (bicyclic) bond motifs is 6. The second kappa shape index (κ2) is 9.07. The molecule has 0 radical (unpaired) electrons. The minimum absolute atomic E-state index is 0.0153. The second-order valence-corrected chi connectivity index (χ2v) is 11.4. The van der Waals surface area contributed by atoms with E-state index < -0.39 is 17.9 Å². The van der Waals surface area contributed by atoms with Crippen molar-refractivity contribution in [2.24, 2.45) is 0 Å². The van der Waals surface area contributed by atoms with Crippen molar-refractivity contribution in [3.8, 4) is 22.9 Å². The average Bonchev–Trinajstić information content (AvgIpc) is 3.54. The Balaban J connectivity index is 1.25. The lowest BCUT2D eigenvalue weighted by atomic mass is 9.91. The van der Waals surface area contributed by atoms with Crippen LogP contribution >= 0.6 is 0 Å². The highest BCUT2D eigenvalue weighted by Crippen LogP contribution is 2.46. The third-order valence-corrected chi connectivity index (χ3v) is 8.87. The number of halogens is 2. The first-order valence-corrected chi connectivity index (χ1v) is 14.1. The van der Waals surface area contributed by atoms with Crippen LogP contribution in [0.15, 0.2) is 29.1 Å². The molecule has 0 N–H and O–H groups in total. The minimum Gasteiger partial charge on any atom is -0.446 e. The zero-order valence-electron chi connectivity index (χ0n) is 22.8. The van der Waals surface area contributed by atoms with E-state index in [0.717, 1.165) is 31.5 Å². The molecule has 0 saturated carbocycles. The van der Waals surface area contributed by atoms with E-state index in [2.05, 4.69) is 14.4 Å². The van der Waals surface area contributed by atoms with Gasteiger partial charge in [-0.2, -0.15) is 0 Å². The molecule has 7 rings (SSSR count). The van der Waals surface area contributed by atoms with E-state index in [1.165, 1.54) is 18.6 Å². The molecule has 2 aromatic heterocycles. The number of nitrogens with zero attached hydrogens (tertiary/aromatic N) is 3. The van der Waals surface area contributed by atoms with Crippen LogP contribution in [-0.2, 0) is 32.9 Å². The molecule has 1 saturated heterocycles. The van der Waals surface area contributed by atoms with Crippen LogP contribution in [0, 0.1) is 0 Å². The van der Waals surface area contributed by atoms with Gasteiger partial charge in [-0.05, 0) is 57.5 Å². The molecule has 3 aliphatic heterocycles. The summed E-state index contributed by atoms with van der Waals surface area (Å²) in [5.41, 5.74) is 0.968. The summed E-state index contributed by atoms with van der Waals surface area (Å²) in [5, 5.41) is 0.562. The molecule has 4 aliphatic rings. The molecule has 1 aromatic carbocycles. The van der Waals surface area contributed by atoms with E-state index >= 15 is 0 Å². The predicted molar refractivity (Wildman–Crippen MR) is 143 cm³/mol. The van der Waals surface area contributed by atoms with Gasteiger partial charge in [-0.3, -0.25) is 14.4 Å². The Morgan fingerprint density at radius 1 is 1.10 bits per heavy atom. The molecular weight excluding hydrogens is 536 g/mol. The van der Waals surface area contributed by atoms with Gasteiger partial charge in [0.1, 0.15) is 0 Å². The average molecular weight is 566 g/mol. The van der Waals surface area contributed by atoms with Gasteiger partial charge in [0.15, 0.2) is 22.9 Å². The summed E-state index contributed by atoms with van der Waals surface area (Å²) in [6.45, 7) is 5.85. The van der Waals surface area contributed by atoms with Crippen LogP contribution in [0.3, 0.4) is 0 Å². The van der Waals surface area contributed by atoms with Crippen LogP contribution in [0.5, 0.6) is 11.5 Å². The number of carbonyl (C=O) groups is 2. The number of hydrogen-bond donors (Lipinski definition) is 0. The number of ketones is 1. The lowest BCUT2D eigenvalue weighted by Crippen LogP contribution is -2.41. The third kappa shape index (κ3) is 4.04. The Kier molecular flexibility index (Phi) is 5.77. The van der Waals surface area contributed by atoms with E-state index in [1.807, 2.05) is 6.92 Å². The Morgan fingerprint density at radius 3 is 2.56 bits per heavy atom. The van der Waals surface area contributed by atoms with Crippen molar-refractivity contribution in [3.63, 3.8) is 0 Å². The van der Waals surface area contributed by atoms with Gasteiger partial charge in [0, 0.05) is 40.6 Å².